The molecule has 4 nitrogen and oxygen atoms in total. The van der Waals surface area contributed by atoms with Gasteiger partial charge in [0.25, 0.3) is 5.91 Å². The van der Waals surface area contributed by atoms with Gasteiger partial charge in [0.1, 0.15) is 5.15 Å². The van der Waals surface area contributed by atoms with E-state index in [2.05, 4.69) is 34.4 Å². The molecular weight excluding hydrogens is 358 g/mol. The van der Waals surface area contributed by atoms with Crippen molar-refractivity contribution in [2.45, 2.75) is 25.4 Å². The molecule has 0 spiro atoms. The number of fused-ring (bicyclic) bond motifs is 1. The second-order valence-corrected chi connectivity index (χ2v) is 7.54. The molecule has 1 N–H and O–H groups in total. The number of pyridine rings is 1. The lowest BCUT2D eigenvalue weighted by Crippen LogP contribution is -2.39. The third-order valence-corrected chi connectivity index (χ3v) is 5.64. The van der Waals surface area contributed by atoms with Crippen LogP contribution in [0.5, 0.6) is 0 Å². The number of halogens is 1. The Bertz CT molecular complexity index is 990. The molecule has 1 amide bonds. The SMILES string of the molecule is Cc1cccc2cc(C(=O)N[C@@H]3CCN(C)[C@@H]3c3ccccc3)c(Cl)nc12. The normalized spacial score (nSPS) is 20.1. The van der Waals surface area contributed by atoms with E-state index in [1.54, 1.807) is 0 Å². The summed E-state index contributed by atoms with van der Waals surface area (Å²) in [6.07, 6.45) is 0.902. The zero-order valence-corrected chi connectivity index (χ0v) is 16.2. The van der Waals surface area contributed by atoms with Gasteiger partial charge in [0.2, 0.25) is 0 Å². The van der Waals surface area contributed by atoms with Crippen LogP contribution >= 0.6 is 11.6 Å². The van der Waals surface area contributed by atoms with Gasteiger partial charge in [0.05, 0.1) is 23.2 Å². The third kappa shape index (κ3) is 3.43. The van der Waals surface area contributed by atoms with Crippen LogP contribution in [0.4, 0.5) is 0 Å². The molecule has 2 aromatic carbocycles. The lowest BCUT2D eigenvalue weighted by atomic mass is 10.00. The summed E-state index contributed by atoms with van der Waals surface area (Å²) >= 11 is 6.36. The molecule has 1 aliphatic rings. The molecule has 1 fully saturated rings. The molecule has 1 aromatic heterocycles. The number of amides is 1. The van der Waals surface area contributed by atoms with Gasteiger partial charge in [-0.05, 0) is 37.6 Å². The highest BCUT2D eigenvalue weighted by Crippen LogP contribution is 2.31. The average molecular weight is 380 g/mol. The van der Waals surface area contributed by atoms with Crippen molar-refractivity contribution < 1.29 is 4.79 Å². The minimum Gasteiger partial charge on any atom is -0.347 e. The molecule has 5 heteroatoms. The minimum atomic E-state index is -0.169. The van der Waals surface area contributed by atoms with Crippen LogP contribution in [-0.4, -0.2) is 35.4 Å². The zero-order chi connectivity index (χ0) is 19.0. The summed E-state index contributed by atoms with van der Waals surface area (Å²) in [4.78, 5) is 19.7. The zero-order valence-electron chi connectivity index (χ0n) is 15.4. The first-order valence-corrected chi connectivity index (χ1v) is 9.54. The molecule has 0 radical (unpaired) electrons. The fourth-order valence-corrected chi connectivity index (χ4v) is 4.19. The fourth-order valence-electron chi connectivity index (χ4n) is 3.96. The third-order valence-electron chi connectivity index (χ3n) is 5.35. The monoisotopic (exact) mass is 379 g/mol. The molecule has 3 aromatic rings. The Morgan fingerprint density at radius 1 is 1.19 bits per heavy atom. The molecule has 0 bridgehead atoms. The maximum atomic E-state index is 13.0. The van der Waals surface area contributed by atoms with Gasteiger partial charge in [-0.2, -0.15) is 0 Å². The molecule has 1 aliphatic heterocycles. The highest BCUT2D eigenvalue weighted by atomic mass is 35.5. The van der Waals surface area contributed by atoms with Crippen LogP contribution in [0.25, 0.3) is 10.9 Å². The van der Waals surface area contributed by atoms with E-state index < -0.39 is 0 Å². The van der Waals surface area contributed by atoms with Gasteiger partial charge in [-0.25, -0.2) is 4.98 Å². The van der Waals surface area contributed by atoms with Gasteiger partial charge >= 0.3 is 0 Å². The summed E-state index contributed by atoms with van der Waals surface area (Å²) in [5.41, 5.74) is 3.52. The summed E-state index contributed by atoms with van der Waals surface area (Å²) in [6.45, 7) is 2.93. The second kappa shape index (κ2) is 7.29. The number of hydrogen-bond donors (Lipinski definition) is 1. The summed E-state index contributed by atoms with van der Waals surface area (Å²) < 4.78 is 0. The summed E-state index contributed by atoms with van der Waals surface area (Å²) in [5, 5.41) is 4.36. The molecule has 27 heavy (non-hydrogen) atoms. The first-order valence-electron chi connectivity index (χ1n) is 9.16. The molecule has 2 heterocycles. The molecule has 4 rings (SSSR count). The Morgan fingerprint density at radius 3 is 2.74 bits per heavy atom. The number of para-hydroxylation sites is 1. The quantitative estimate of drug-likeness (QED) is 0.687. The lowest BCUT2D eigenvalue weighted by Gasteiger charge is -2.26. The summed E-state index contributed by atoms with van der Waals surface area (Å²) in [5.74, 6) is -0.169. The molecule has 138 valence electrons. The maximum Gasteiger partial charge on any atom is 0.254 e. The summed E-state index contributed by atoms with van der Waals surface area (Å²) in [6, 6.07) is 18.2. The van der Waals surface area contributed by atoms with Crippen molar-refractivity contribution in [2.24, 2.45) is 0 Å². The van der Waals surface area contributed by atoms with E-state index in [9.17, 15) is 4.79 Å². The van der Waals surface area contributed by atoms with Crippen molar-refractivity contribution in [1.82, 2.24) is 15.2 Å². The number of aryl methyl sites for hydroxylation is 1. The molecular formula is C22H22ClN3O. The highest BCUT2D eigenvalue weighted by molar-refractivity contribution is 6.33. The molecule has 2 atom stereocenters. The minimum absolute atomic E-state index is 0.0363. The van der Waals surface area contributed by atoms with Crippen molar-refractivity contribution in [3.05, 3.63) is 76.4 Å². The van der Waals surface area contributed by atoms with Gasteiger partial charge in [0.15, 0.2) is 0 Å². The average Bonchev–Trinajstić information content (AvgIpc) is 3.03. The number of carbonyl (C=O) groups is 1. The van der Waals surface area contributed by atoms with Crippen molar-refractivity contribution in [1.29, 1.82) is 0 Å². The standard InChI is InChI=1S/C22H22ClN3O/c1-14-7-6-10-16-13-17(21(23)25-19(14)16)22(27)24-18-11-12-26(2)20(18)15-8-4-3-5-9-15/h3-10,13,18,20H,11-12H2,1-2H3,(H,24,27)/t18-,20-/m1/s1. The van der Waals surface area contributed by atoms with E-state index >= 15 is 0 Å². The van der Waals surface area contributed by atoms with Gasteiger partial charge < -0.3 is 5.32 Å². The molecule has 0 unspecified atom stereocenters. The summed E-state index contributed by atoms with van der Waals surface area (Å²) in [7, 11) is 2.09. The second-order valence-electron chi connectivity index (χ2n) is 7.18. The number of aromatic nitrogens is 1. The molecule has 0 aliphatic carbocycles. The first-order chi connectivity index (χ1) is 13.0. The van der Waals surface area contributed by atoms with Crippen molar-refractivity contribution in [2.75, 3.05) is 13.6 Å². The Labute approximate surface area is 164 Å². The number of likely N-dealkylation sites (tertiary alicyclic amines) is 1. The van der Waals surface area contributed by atoms with E-state index in [-0.39, 0.29) is 23.1 Å². The van der Waals surface area contributed by atoms with Crippen LogP contribution in [-0.2, 0) is 0 Å². The Balaban J connectivity index is 1.62. The maximum absolute atomic E-state index is 13.0. The number of rotatable bonds is 3. The van der Waals surface area contributed by atoms with Gasteiger partial charge in [-0.1, -0.05) is 60.1 Å². The predicted octanol–water partition coefficient (Wildman–Crippen LogP) is 4.37. The van der Waals surface area contributed by atoms with E-state index in [0.29, 0.717) is 5.56 Å². The number of nitrogens with zero attached hydrogens (tertiary/aromatic N) is 2. The number of hydrogen-bond acceptors (Lipinski definition) is 3. The Morgan fingerprint density at radius 2 is 1.96 bits per heavy atom. The number of nitrogens with one attached hydrogen (secondary N) is 1. The Hall–Kier alpha value is -2.43. The first kappa shape index (κ1) is 18.0. The van der Waals surface area contributed by atoms with Crippen LogP contribution in [0.3, 0.4) is 0 Å². The van der Waals surface area contributed by atoms with E-state index in [4.69, 9.17) is 11.6 Å². The van der Waals surface area contributed by atoms with Crippen LogP contribution in [0.1, 0.15) is 33.9 Å². The van der Waals surface area contributed by atoms with Gasteiger partial charge in [-0.3, -0.25) is 9.69 Å². The van der Waals surface area contributed by atoms with Gasteiger partial charge in [-0.15, -0.1) is 0 Å². The number of benzene rings is 2. The van der Waals surface area contributed by atoms with E-state index in [1.807, 2.05) is 49.4 Å². The smallest absolute Gasteiger partial charge is 0.254 e. The highest BCUT2D eigenvalue weighted by Gasteiger charge is 2.34. The van der Waals surface area contributed by atoms with Crippen molar-refractivity contribution >= 4 is 28.4 Å². The van der Waals surface area contributed by atoms with E-state index in [0.717, 1.165) is 29.4 Å². The van der Waals surface area contributed by atoms with Crippen LogP contribution in [0.15, 0.2) is 54.6 Å². The van der Waals surface area contributed by atoms with Crippen LogP contribution < -0.4 is 5.32 Å². The van der Waals surface area contributed by atoms with Crippen LogP contribution in [0.2, 0.25) is 5.15 Å². The Kier molecular flexibility index (Phi) is 4.85. The fraction of sp³-hybridized carbons (Fsp3) is 0.273. The van der Waals surface area contributed by atoms with E-state index in [1.165, 1.54) is 5.56 Å². The number of carbonyl (C=O) groups excluding carboxylic acids is 1. The largest absolute Gasteiger partial charge is 0.347 e. The van der Waals surface area contributed by atoms with Crippen molar-refractivity contribution in [3.63, 3.8) is 0 Å². The lowest BCUT2D eigenvalue weighted by molar-refractivity contribution is 0.0927. The topological polar surface area (TPSA) is 45.2 Å². The number of likely N-dealkylation sites (N-methyl/N-ethyl adjacent to an activating group) is 1. The molecule has 0 saturated carbocycles. The van der Waals surface area contributed by atoms with Gasteiger partial charge in [0, 0.05) is 11.9 Å². The van der Waals surface area contributed by atoms with Crippen LogP contribution in [0, 0.1) is 6.92 Å². The van der Waals surface area contributed by atoms with Crippen molar-refractivity contribution in [3.8, 4) is 0 Å². The predicted molar refractivity (Wildman–Crippen MR) is 109 cm³/mol. The molecule has 1 saturated heterocycles.